The predicted molar refractivity (Wildman–Crippen MR) is 196 cm³/mol. The van der Waals surface area contributed by atoms with E-state index in [2.05, 4.69) is 10.3 Å². The molecule has 1 heterocycles. The van der Waals surface area contributed by atoms with E-state index in [0.717, 1.165) is 52.3 Å². The molecule has 0 unspecified atom stereocenters. The molecule has 0 aliphatic heterocycles. The van der Waals surface area contributed by atoms with E-state index < -0.39 is 11.9 Å². The van der Waals surface area contributed by atoms with Crippen molar-refractivity contribution in [3.63, 3.8) is 0 Å². The summed E-state index contributed by atoms with van der Waals surface area (Å²) in [5.41, 5.74) is 5.90. The predicted octanol–water partition coefficient (Wildman–Crippen LogP) is 9.41. The Hall–Kier alpha value is -5.43. The minimum absolute atomic E-state index is 0.0728. The van der Waals surface area contributed by atoms with Crippen molar-refractivity contribution in [3.8, 4) is 11.3 Å². The number of hydrogen-bond donors (Lipinski definition) is 2. The van der Waals surface area contributed by atoms with Crippen molar-refractivity contribution in [2.24, 2.45) is 23.2 Å². The van der Waals surface area contributed by atoms with Gasteiger partial charge in [-0.1, -0.05) is 91.0 Å². The summed E-state index contributed by atoms with van der Waals surface area (Å²) in [6.45, 7) is 0.146. The lowest BCUT2D eigenvalue weighted by atomic mass is 9.48. The molecule has 4 fully saturated rings. The summed E-state index contributed by atoms with van der Waals surface area (Å²) >= 11 is 0. The van der Waals surface area contributed by atoms with Crippen LogP contribution in [0, 0.1) is 23.2 Å². The van der Waals surface area contributed by atoms with Crippen LogP contribution in [0.1, 0.15) is 86.4 Å². The van der Waals surface area contributed by atoms with Gasteiger partial charge in [0.15, 0.2) is 0 Å². The van der Waals surface area contributed by atoms with E-state index in [1.165, 1.54) is 44.6 Å². The Kier molecular flexibility index (Phi) is 9.03. The van der Waals surface area contributed by atoms with Crippen molar-refractivity contribution in [1.82, 2.24) is 4.98 Å². The van der Waals surface area contributed by atoms with Crippen LogP contribution in [-0.2, 0) is 29.1 Å². The zero-order valence-corrected chi connectivity index (χ0v) is 28.6. The van der Waals surface area contributed by atoms with Crippen LogP contribution in [0.5, 0.6) is 0 Å². The highest BCUT2D eigenvalue weighted by molar-refractivity contribution is 6.07. The first-order valence-corrected chi connectivity index (χ1v) is 18.0. The van der Waals surface area contributed by atoms with Crippen LogP contribution in [0.2, 0.25) is 0 Å². The maximum atomic E-state index is 14.3. The van der Waals surface area contributed by atoms with Crippen molar-refractivity contribution in [2.45, 2.75) is 58.2 Å². The van der Waals surface area contributed by atoms with Gasteiger partial charge >= 0.3 is 11.9 Å². The Balaban J connectivity index is 1.08. The van der Waals surface area contributed by atoms with Gasteiger partial charge in [0.05, 0.1) is 16.7 Å². The first-order valence-electron chi connectivity index (χ1n) is 18.0. The summed E-state index contributed by atoms with van der Waals surface area (Å²) < 4.78 is 11.2. The van der Waals surface area contributed by atoms with E-state index in [1.54, 1.807) is 12.1 Å². The second kappa shape index (κ2) is 14.1. The van der Waals surface area contributed by atoms with Crippen molar-refractivity contribution in [3.05, 3.63) is 149 Å². The number of esters is 2. The fourth-order valence-electron chi connectivity index (χ4n) is 9.24. The molecule has 1 aromatic heterocycles. The highest BCUT2D eigenvalue weighted by Gasteiger charge is 2.51. The summed E-state index contributed by atoms with van der Waals surface area (Å²) in [6.07, 6.45) is 8.56. The lowest BCUT2D eigenvalue weighted by molar-refractivity contribution is -0.0526. The lowest BCUT2D eigenvalue weighted by Crippen LogP contribution is -2.47. The Labute approximate surface area is 298 Å². The Morgan fingerprint density at radius 2 is 1.14 bits per heavy atom. The highest BCUT2D eigenvalue weighted by atomic mass is 16.5. The zero-order valence-electron chi connectivity index (χ0n) is 28.6. The van der Waals surface area contributed by atoms with Crippen LogP contribution in [0.15, 0.2) is 115 Å². The Morgan fingerprint density at radius 3 is 1.65 bits per heavy atom. The van der Waals surface area contributed by atoms with E-state index in [-0.39, 0.29) is 35.7 Å². The maximum Gasteiger partial charge on any atom is 0.338 e. The molecule has 7 nitrogen and oxygen atoms in total. The third kappa shape index (κ3) is 7.39. The first kappa shape index (κ1) is 32.8. The standard InChI is InChI=1S/C44H42N2O5/c47-41(38-22-39(34-14-8-3-9-15-34)46-40(38)26-44-23-31-16-32(24-44)18-33(17-31)25-44)45-37-20-35(42(48)50-27-29-10-4-1-5-11-29)19-36(21-37)43(49)51-28-30-12-6-2-7-13-30/h1-15,19-22,31-33,46H,16-18,23-28H2,(H,45,47). The van der Waals surface area contributed by atoms with Gasteiger partial charge < -0.3 is 19.8 Å². The maximum absolute atomic E-state index is 14.3. The number of hydrogen-bond acceptors (Lipinski definition) is 5. The lowest BCUT2D eigenvalue weighted by Gasteiger charge is -2.57. The fourth-order valence-corrected chi connectivity index (χ4v) is 9.24. The average molecular weight is 679 g/mol. The minimum atomic E-state index is -0.609. The monoisotopic (exact) mass is 678 g/mol. The number of anilines is 1. The second-order valence-electron chi connectivity index (χ2n) is 14.9. The second-order valence-corrected chi connectivity index (χ2v) is 14.9. The number of carbonyl (C=O) groups is 3. The molecule has 0 spiro atoms. The quantitative estimate of drug-likeness (QED) is 0.136. The van der Waals surface area contributed by atoms with E-state index in [9.17, 15) is 14.4 Å². The molecule has 0 radical (unpaired) electrons. The molecule has 9 rings (SSSR count). The van der Waals surface area contributed by atoms with Crippen LogP contribution >= 0.6 is 0 Å². The molecule has 4 aliphatic carbocycles. The van der Waals surface area contributed by atoms with E-state index in [4.69, 9.17) is 9.47 Å². The zero-order chi connectivity index (χ0) is 34.8. The SMILES string of the molecule is O=C(OCc1ccccc1)c1cc(NC(=O)c2cc(-c3ccccc3)[nH]c2CC23CC4CC(CC(C4)C2)C3)cc(C(=O)OCc2ccccc2)c1. The van der Waals surface area contributed by atoms with Crippen molar-refractivity contribution in [2.75, 3.05) is 5.32 Å². The Morgan fingerprint density at radius 1 is 0.647 bits per heavy atom. The molecule has 0 saturated heterocycles. The normalized spacial score (nSPS) is 21.6. The molecular formula is C44H42N2O5. The van der Waals surface area contributed by atoms with Crippen LogP contribution in [0.3, 0.4) is 0 Å². The summed E-state index contributed by atoms with van der Waals surface area (Å²) in [5.74, 6) is 0.862. The molecule has 5 aromatic rings. The molecule has 4 saturated carbocycles. The number of aromatic nitrogens is 1. The van der Waals surface area contributed by atoms with Crippen LogP contribution in [0.4, 0.5) is 5.69 Å². The van der Waals surface area contributed by atoms with Gasteiger partial charge in [-0.05, 0) is 109 Å². The summed E-state index contributed by atoms with van der Waals surface area (Å²) in [6, 6.07) is 35.4. The van der Waals surface area contributed by atoms with Crippen molar-refractivity contribution < 1.29 is 23.9 Å². The highest BCUT2D eigenvalue weighted by Crippen LogP contribution is 2.61. The van der Waals surface area contributed by atoms with Crippen LogP contribution in [-0.4, -0.2) is 22.8 Å². The fraction of sp³-hybridized carbons (Fsp3) is 0.295. The van der Waals surface area contributed by atoms with Crippen molar-refractivity contribution in [1.29, 1.82) is 0 Å². The van der Waals surface area contributed by atoms with Gasteiger partial charge in [-0.15, -0.1) is 0 Å². The minimum Gasteiger partial charge on any atom is -0.457 e. The van der Waals surface area contributed by atoms with Gasteiger partial charge in [-0.25, -0.2) is 9.59 Å². The number of H-pyrrole nitrogens is 1. The number of ether oxygens (including phenoxy) is 2. The van der Waals surface area contributed by atoms with Gasteiger partial charge in [0.1, 0.15) is 13.2 Å². The molecule has 0 atom stereocenters. The Bertz CT molecular complexity index is 1930. The number of aromatic amines is 1. The topological polar surface area (TPSA) is 97.5 Å². The van der Waals surface area contributed by atoms with E-state index in [0.29, 0.717) is 11.3 Å². The molecule has 4 bridgehead atoms. The van der Waals surface area contributed by atoms with E-state index in [1.807, 2.05) is 97.1 Å². The molecule has 258 valence electrons. The van der Waals surface area contributed by atoms with Gasteiger partial charge in [0, 0.05) is 17.1 Å². The molecule has 4 aromatic carbocycles. The molecule has 51 heavy (non-hydrogen) atoms. The first-order chi connectivity index (χ1) is 24.9. The number of amides is 1. The molecule has 2 N–H and O–H groups in total. The van der Waals surface area contributed by atoms with Gasteiger partial charge in [0.2, 0.25) is 0 Å². The number of carbonyl (C=O) groups excluding carboxylic acids is 3. The molecular weight excluding hydrogens is 636 g/mol. The van der Waals surface area contributed by atoms with Crippen LogP contribution in [0.25, 0.3) is 11.3 Å². The molecule has 1 amide bonds. The van der Waals surface area contributed by atoms with Gasteiger partial charge in [-0.2, -0.15) is 0 Å². The van der Waals surface area contributed by atoms with Gasteiger partial charge in [0.25, 0.3) is 5.91 Å². The third-order valence-electron chi connectivity index (χ3n) is 11.0. The number of benzene rings is 4. The average Bonchev–Trinajstić information content (AvgIpc) is 3.56. The molecule has 4 aliphatic rings. The number of rotatable bonds is 11. The molecule has 7 heteroatoms. The summed E-state index contributed by atoms with van der Waals surface area (Å²) in [5, 5.41) is 3.04. The third-order valence-corrected chi connectivity index (χ3v) is 11.0. The van der Waals surface area contributed by atoms with Gasteiger partial charge in [-0.3, -0.25) is 4.79 Å². The van der Waals surface area contributed by atoms with Crippen LogP contribution < -0.4 is 5.32 Å². The number of nitrogens with one attached hydrogen (secondary N) is 2. The summed E-state index contributed by atoms with van der Waals surface area (Å²) in [7, 11) is 0. The summed E-state index contributed by atoms with van der Waals surface area (Å²) in [4.78, 5) is 44.6. The van der Waals surface area contributed by atoms with Crippen molar-refractivity contribution >= 4 is 23.5 Å². The van der Waals surface area contributed by atoms with E-state index >= 15 is 0 Å². The smallest absolute Gasteiger partial charge is 0.338 e. The largest absolute Gasteiger partial charge is 0.457 e.